The van der Waals surface area contributed by atoms with Crippen LogP contribution in [0.1, 0.15) is 29.0 Å². The maximum atomic E-state index is 8.99. The van der Waals surface area contributed by atoms with Gasteiger partial charge < -0.3 is 10.2 Å². The minimum Gasteiger partial charge on any atom is -0.352 e. The fraction of sp³-hybridized carbons (Fsp3) is 0.389. The van der Waals surface area contributed by atoms with Crippen molar-refractivity contribution in [2.24, 2.45) is 12.0 Å². The molecule has 0 amide bonds. The van der Waals surface area contributed by atoms with Gasteiger partial charge in [-0.05, 0) is 29.7 Å². The molecule has 0 spiro atoms. The van der Waals surface area contributed by atoms with Gasteiger partial charge in [0.1, 0.15) is 0 Å². The summed E-state index contributed by atoms with van der Waals surface area (Å²) in [5, 5.41) is 16.7. The number of benzene rings is 1. The molecule has 1 unspecified atom stereocenters. The smallest absolute Gasteiger partial charge is 0.193 e. The lowest BCUT2D eigenvalue weighted by Crippen LogP contribution is -2.39. The molecule has 2 aromatic rings. The fourth-order valence-corrected chi connectivity index (χ4v) is 3.14. The molecular formula is C18H22N6. The quantitative estimate of drug-likeness (QED) is 0.692. The van der Waals surface area contributed by atoms with Gasteiger partial charge in [0.15, 0.2) is 5.96 Å². The van der Waals surface area contributed by atoms with E-state index in [0.717, 1.165) is 31.0 Å². The van der Waals surface area contributed by atoms with Gasteiger partial charge in [-0.1, -0.05) is 12.1 Å². The maximum Gasteiger partial charge on any atom is 0.193 e. The van der Waals surface area contributed by atoms with E-state index in [1.165, 1.54) is 5.56 Å². The van der Waals surface area contributed by atoms with E-state index >= 15 is 0 Å². The first kappa shape index (κ1) is 16.1. The van der Waals surface area contributed by atoms with Crippen LogP contribution < -0.4 is 5.32 Å². The molecule has 3 rings (SSSR count). The van der Waals surface area contributed by atoms with Crippen molar-refractivity contribution in [1.29, 1.82) is 5.26 Å². The number of hydrogen-bond acceptors (Lipinski definition) is 3. The molecular weight excluding hydrogens is 300 g/mol. The van der Waals surface area contributed by atoms with Crippen molar-refractivity contribution in [1.82, 2.24) is 20.0 Å². The molecule has 6 heteroatoms. The highest BCUT2D eigenvalue weighted by Gasteiger charge is 2.26. The highest BCUT2D eigenvalue weighted by Crippen LogP contribution is 2.26. The van der Waals surface area contributed by atoms with E-state index in [-0.39, 0.29) is 0 Å². The Morgan fingerprint density at radius 2 is 2.38 bits per heavy atom. The molecule has 1 N–H and O–H groups in total. The normalized spacial score (nSPS) is 17.8. The summed E-state index contributed by atoms with van der Waals surface area (Å²) in [6.07, 6.45) is 5.16. The van der Waals surface area contributed by atoms with Crippen molar-refractivity contribution >= 4 is 5.96 Å². The van der Waals surface area contributed by atoms with Gasteiger partial charge in [0.25, 0.3) is 0 Å². The van der Waals surface area contributed by atoms with Crippen LogP contribution in [-0.4, -0.2) is 40.8 Å². The fourth-order valence-electron chi connectivity index (χ4n) is 3.14. The molecule has 1 fully saturated rings. The lowest BCUT2D eigenvalue weighted by atomic mass is 10.0. The molecule has 1 atom stereocenters. The Bertz CT molecular complexity index is 770. The Morgan fingerprint density at radius 1 is 1.50 bits per heavy atom. The van der Waals surface area contributed by atoms with E-state index in [4.69, 9.17) is 5.26 Å². The van der Waals surface area contributed by atoms with Gasteiger partial charge in [0.2, 0.25) is 0 Å². The van der Waals surface area contributed by atoms with E-state index in [1.807, 2.05) is 49.2 Å². The highest BCUT2D eigenvalue weighted by atomic mass is 15.3. The van der Waals surface area contributed by atoms with Gasteiger partial charge in [0.05, 0.1) is 17.8 Å². The Morgan fingerprint density at radius 3 is 3.08 bits per heavy atom. The van der Waals surface area contributed by atoms with E-state index < -0.39 is 0 Å². The lowest BCUT2D eigenvalue weighted by molar-refractivity contribution is 0.486. The Hall–Kier alpha value is -2.81. The molecule has 124 valence electrons. The average molecular weight is 322 g/mol. The zero-order valence-corrected chi connectivity index (χ0v) is 14.1. The van der Waals surface area contributed by atoms with Crippen LogP contribution in [0.3, 0.4) is 0 Å². The van der Waals surface area contributed by atoms with Crippen molar-refractivity contribution in [2.75, 3.05) is 20.1 Å². The van der Waals surface area contributed by atoms with Crippen LogP contribution in [-0.2, 0) is 13.6 Å². The van der Waals surface area contributed by atoms with E-state index in [9.17, 15) is 0 Å². The number of aryl methyl sites for hydroxylation is 1. The van der Waals surface area contributed by atoms with Gasteiger partial charge in [-0.2, -0.15) is 10.4 Å². The van der Waals surface area contributed by atoms with E-state index in [1.54, 1.807) is 0 Å². The number of rotatable bonds is 3. The van der Waals surface area contributed by atoms with Crippen molar-refractivity contribution in [3.8, 4) is 6.07 Å². The van der Waals surface area contributed by atoms with Crippen LogP contribution in [0.15, 0.2) is 41.7 Å². The third kappa shape index (κ3) is 3.57. The second-order valence-electron chi connectivity index (χ2n) is 6.09. The molecule has 1 aliphatic heterocycles. The SMILES string of the molecule is CN=C(NCc1cccc(C#N)c1)N1CCC(c2cnn(C)c2)C1. The molecule has 0 saturated carbocycles. The molecule has 1 aromatic heterocycles. The molecule has 0 bridgehead atoms. The van der Waals surface area contributed by atoms with Crippen LogP contribution in [0.4, 0.5) is 0 Å². The van der Waals surface area contributed by atoms with Crippen molar-refractivity contribution in [3.05, 3.63) is 53.3 Å². The Balaban J connectivity index is 1.60. The van der Waals surface area contributed by atoms with Gasteiger partial charge in [0, 0.05) is 45.8 Å². The predicted molar refractivity (Wildman–Crippen MR) is 93.5 cm³/mol. The largest absolute Gasteiger partial charge is 0.352 e. The minimum absolute atomic E-state index is 0.499. The van der Waals surface area contributed by atoms with E-state index in [2.05, 4.69) is 32.6 Å². The maximum absolute atomic E-state index is 8.99. The van der Waals surface area contributed by atoms with Crippen molar-refractivity contribution < 1.29 is 0 Å². The number of aliphatic imine (C=N–C) groups is 1. The molecule has 1 aromatic carbocycles. The van der Waals surface area contributed by atoms with E-state index in [0.29, 0.717) is 18.0 Å². The number of aromatic nitrogens is 2. The first-order valence-electron chi connectivity index (χ1n) is 8.13. The summed E-state index contributed by atoms with van der Waals surface area (Å²) < 4.78 is 1.85. The van der Waals surface area contributed by atoms with Gasteiger partial charge in [-0.3, -0.25) is 9.67 Å². The van der Waals surface area contributed by atoms with Crippen LogP contribution in [0, 0.1) is 11.3 Å². The highest BCUT2D eigenvalue weighted by molar-refractivity contribution is 5.80. The summed E-state index contributed by atoms with van der Waals surface area (Å²) in [6, 6.07) is 9.82. The summed E-state index contributed by atoms with van der Waals surface area (Å²) in [6.45, 7) is 2.59. The van der Waals surface area contributed by atoms with Crippen molar-refractivity contribution in [3.63, 3.8) is 0 Å². The summed E-state index contributed by atoms with van der Waals surface area (Å²) in [5.41, 5.74) is 3.05. The Labute approximate surface area is 142 Å². The van der Waals surface area contributed by atoms with Crippen LogP contribution >= 0.6 is 0 Å². The molecule has 1 saturated heterocycles. The Kier molecular flexibility index (Phi) is 4.80. The van der Waals surface area contributed by atoms with Gasteiger partial charge >= 0.3 is 0 Å². The second kappa shape index (κ2) is 7.18. The summed E-state index contributed by atoms with van der Waals surface area (Å²) >= 11 is 0. The molecule has 0 radical (unpaired) electrons. The van der Waals surface area contributed by atoms with Crippen molar-refractivity contribution in [2.45, 2.75) is 18.9 Å². The zero-order valence-electron chi connectivity index (χ0n) is 14.1. The average Bonchev–Trinajstić information content (AvgIpc) is 3.25. The number of nitriles is 1. The second-order valence-corrected chi connectivity index (χ2v) is 6.09. The first-order valence-corrected chi connectivity index (χ1v) is 8.13. The number of guanidine groups is 1. The van der Waals surface area contributed by atoms with Crippen LogP contribution in [0.2, 0.25) is 0 Å². The summed E-state index contributed by atoms with van der Waals surface area (Å²) in [5.74, 6) is 1.41. The van der Waals surface area contributed by atoms with Crippen LogP contribution in [0.5, 0.6) is 0 Å². The van der Waals surface area contributed by atoms with Gasteiger partial charge in [-0.15, -0.1) is 0 Å². The topological polar surface area (TPSA) is 69.2 Å². The zero-order chi connectivity index (χ0) is 16.9. The third-order valence-electron chi connectivity index (χ3n) is 4.40. The predicted octanol–water partition coefficient (Wildman–Crippen LogP) is 1.86. The third-order valence-corrected chi connectivity index (χ3v) is 4.40. The molecule has 6 nitrogen and oxygen atoms in total. The molecule has 2 heterocycles. The van der Waals surface area contributed by atoms with Gasteiger partial charge in [-0.25, -0.2) is 0 Å². The molecule has 0 aliphatic carbocycles. The number of hydrogen-bond donors (Lipinski definition) is 1. The summed E-state index contributed by atoms with van der Waals surface area (Å²) in [7, 11) is 3.76. The number of likely N-dealkylation sites (tertiary alicyclic amines) is 1. The molecule has 24 heavy (non-hydrogen) atoms. The summed E-state index contributed by atoms with van der Waals surface area (Å²) in [4.78, 5) is 6.69. The first-order chi connectivity index (χ1) is 11.7. The standard InChI is InChI=1S/C18H22N6/c1-20-18(21-10-15-5-3-4-14(8-15)9-19)24-7-6-16(13-24)17-11-22-23(2)12-17/h3-5,8,11-12,16H,6-7,10,13H2,1-2H3,(H,20,21). The lowest BCUT2D eigenvalue weighted by Gasteiger charge is -2.21. The number of nitrogens with one attached hydrogen (secondary N) is 1. The minimum atomic E-state index is 0.499. The van der Waals surface area contributed by atoms with Crippen LogP contribution in [0.25, 0.3) is 0 Å². The number of nitrogens with zero attached hydrogens (tertiary/aromatic N) is 5. The monoisotopic (exact) mass is 322 g/mol. The molecule has 1 aliphatic rings.